The molecule has 2 N–H and O–H groups in total. The van der Waals surface area contributed by atoms with Gasteiger partial charge in [-0.1, -0.05) is 31.5 Å². The fourth-order valence-electron chi connectivity index (χ4n) is 1.59. The molecule has 0 fully saturated rings. The molecule has 0 radical (unpaired) electrons. The molecule has 6 heteroatoms. The van der Waals surface area contributed by atoms with Crippen LogP contribution in [0.1, 0.15) is 13.8 Å². The third-order valence-electron chi connectivity index (χ3n) is 2.81. The molecule has 20 heavy (non-hydrogen) atoms. The van der Waals surface area contributed by atoms with Gasteiger partial charge in [-0.05, 0) is 24.1 Å². The molecular formula is C14H18ClNO4. The van der Waals surface area contributed by atoms with E-state index in [4.69, 9.17) is 21.4 Å². The van der Waals surface area contributed by atoms with Crippen LogP contribution in [-0.4, -0.2) is 30.1 Å². The van der Waals surface area contributed by atoms with Gasteiger partial charge in [-0.15, -0.1) is 0 Å². The van der Waals surface area contributed by atoms with E-state index in [9.17, 15) is 9.59 Å². The summed E-state index contributed by atoms with van der Waals surface area (Å²) in [5.74, 6) is -1.45. The Bertz CT molecular complexity index is 476. The highest BCUT2D eigenvalue weighted by atomic mass is 35.5. The van der Waals surface area contributed by atoms with Crippen molar-refractivity contribution in [2.45, 2.75) is 13.8 Å². The van der Waals surface area contributed by atoms with E-state index in [-0.39, 0.29) is 25.0 Å². The highest BCUT2D eigenvalue weighted by Crippen LogP contribution is 2.16. The smallest absolute Gasteiger partial charge is 0.308 e. The number of benzene rings is 1. The van der Waals surface area contributed by atoms with Crippen LogP contribution < -0.4 is 10.1 Å². The monoisotopic (exact) mass is 299 g/mol. The molecule has 0 saturated heterocycles. The second-order valence-corrected chi connectivity index (χ2v) is 5.18. The molecule has 0 aromatic heterocycles. The van der Waals surface area contributed by atoms with Gasteiger partial charge in [0.15, 0.2) is 6.61 Å². The van der Waals surface area contributed by atoms with E-state index < -0.39 is 11.9 Å². The van der Waals surface area contributed by atoms with Crippen LogP contribution in [0, 0.1) is 11.8 Å². The maximum Gasteiger partial charge on any atom is 0.308 e. The van der Waals surface area contributed by atoms with E-state index in [2.05, 4.69) is 5.32 Å². The first-order chi connectivity index (χ1) is 9.40. The quantitative estimate of drug-likeness (QED) is 0.809. The third kappa shape index (κ3) is 5.48. The van der Waals surface area contributed by atoms with Crippen LogP contribution in [0.4, 0.5) is 0 Å². The summed E-state index contributed by atoms with van der Waals surface area (Å²) in [6.07, 6.45) is 0. The largest absolute Gasteiger partial charge is 0.484 e. The van der Waals surface area contributed by atoms with E-state index in [0.29, 0.717) is 10.8 Å². The first kappa shape index (κ1) is 16.3. The Morgan fingerprint density at radius 1 is 1.40 bits per heavy atom. The molecule has 5 nitrogen and oxygen atoms in total. The Morgan fingerprint density at radius 3 is 2.65 bits per heavy atom. The number of aliphatic carboxylic acids is 1. The van der Waals surface area contributed by atoms with E-state index in [1.165, 1.54) is 0 Å². The molecule has 0 saturated carbocycles. The summed E-state index contributed by atoms with van der Waals surface area (Å²) in [5, 5.41) is 12.1. The lowest BCUT2D eigenvalue weighted by molar-refractivity contribution is -0.143. The summed E-state index contributed by atoms with van der Waals surface area (Å²) in [5.41, 5.74) is 0. The van der Waals surface area contributed by atoms with Gasteiger partial charge in [0, 0.05) is 11.6 Å². The summed E-state index contributed by atoms with van der Waals surface area (Å²) in [6.45, 7) is 3.51. The number of carboxylic acids is 1. The van der Waals surface area contributed by atoms with Gasteiger partial charge in [-0.3, -0.25) is 9.59 Å². The topological polar surface area (TPSA) is 75.6 Å². The number of ether oxygens (including phenoxy) is 1. The number of nitrogens with one attached hydrogen (secondary N) is 1. The summed E-state index contributed by atoms with van der Waals surface area (Å²) < 4.78 is 5.26. The van der Waals surface area contributed by atoms with Gasteiger partial charge in [-0.2, -0.15) is 0 Å². The lowest BCUT2D eigenvalue weighted by Crippen LogP contribution is -2.37. The molecule has 0 heterocycles. The van der Waals surface area contributed by atoms with Crippen molar-refractivity contribution in [2.75, 3.05) is 13.2 Å². The molecule has 1 unspecified atom stereocenters. The average molecular weight is 300 g/mol. The van der Waals surface area contributed by atoms with Gasteiger partial charge in [0.05, 0.1) is 5.92 Å². The van der Waals surface area contributed by atoms with Gasteiger partial charge in [0.1, 0.15) is 5.75 Å². The van der Waals surface area contributed by atoms with Crippen molar-refractivity contribution in [3.63, 3.8) is 0 Å². The maximum atomic E-state index is 11.6. The molecule has 0 spiro atoms. The third-order valence-corrected chi connectivity index (χ3v) is 3.04. The normalized spacial score (nSPS) is 12.0. The standard InChI is InChI=1S/C14H18ClNO4/c1-9(2)12(14(18)19)7-16-13(17)8-20-11-5-3-4-10(15)6-11/h3-6,9,12H,7-8H2,1-2H3,(H,16,17)(H,18,19). The van der Waals surface area contributed by atoms with Crippen LogP contribution in [0.3, 0.4) is 0 Å². The molecule has 0 aliphatic heterocycles. The fourth-order valence-corrected chi connectivity index (χ4v) is 1.77. The van der Waals surface area contributed by atoms with Crippen LogP contribution >= 0.6 is 11.6 Å². The van der Waals surface area contributed by atoms with E-state index >= 15 is 0 Å². The molecule has 1 atom stereocenters. The maximum absolute atomic E-state index is 11.6. The van der Waals surface area contributed by atoms with Gasteiger partial charge in [-0.25, -0.2) is 0 Å². The number of carbonyl (C=O) groups is 2. The van der Waals surface area contributed by atoms with Crippen molar-refractivity contribution in [1.82, 2.24) is 5.32 Å². The first-order valence-electron chi connectivity index (χ1n) is 6.28. The SMILES string of the molecule is CC(C)C(CNC(=O)COc1cccc(Cl)c1)C(=O)O. The fraction of sp³-hybridized carbons (Fsp3) is 0.429. The number of carboxylic acid groups (broad SMARTS) is 1. The number of hydrogen-bond donors (Lipinski definition) is 2. The Kier molecular flexibility index (Phi) is 6.31. The number of amides is 1. The molecule has 0 aliphatic rings. The van der Waals surface area contributed by atoms with Gasteiger partial charge >= 0.3 is 5.97 Å². The minimum Gasteiger partial charge on any atom is -0.484 e. The zero-order valence-corrected chi connectivity index (χ0v) is 12.2. The van der Waals surface area contributed by atoms with Crippen molar-refractivity contribution in [3.05, 3.63) is 29.3 Å². The van der Waals surface area contributed by atoms with Crippen molar-refractivity contribution < 1.29 is 19.4 Å². The van der Waals surface area contributed by atoms with Gasteiger partial charge in [0.25, 0.3) is 5.91 Å². The van der Waals surface area contributed by atoms with Gasteiger partial charge < -0.3 is 15.2 Å². The van der Waals surface area contributed by atoms with Crippen molar-refractivity contribution in [3.8, 4) is 5.75 Å². The Hall–Kier alpha value is -1.75. The van der Waals surface area contributed by atoms with Crippen LogP contribution in [0.15, 0.2) is 24.3 Å². The van der Waals surface area contributed by atoms with E-state index in [1.807, 2.05) is 0 Å². The minimum absolute atomic E-state index is 0.0540. The van der Waals surface area contributed by atoms with Crippen LogP contribution in [0.25, 0.3) is 0 Å². The molecule has 1 amide bonds. The van der Waals surface area contributed by atoms with E-state index in [0.717, 1.165) is 0 Å². The van der Waals surface area contributed by atoms with Crippen LogP contribution in [0.5, 0.6) is 5.75 Å². The van der Waals surface area contributed by atoms with Gasteiger partial charge in [0.2, 0.25) is 0 Å². The predicted molar refractivity (Wildman–Crippen MR) is 75.9 cm³/mol. The number of hydrogen-bond acceptors (Lipinski definition) is 3. The molecule has 1 rings (SSSR count). The summed E-state index contributed by atoms with van der Waals surface area (Å²) in [4.78, 5) is 22.6. The van der Waals surface area contributed by atoms with Crippen molar-refractivity contribution in [1.29, 1.82) is 0 Å². The lowest BCUT2D eigenvalue weighted by atomic mass is 9.96. The van der Waals surface area contributed by atoms with E-state index in [1.54, 1.807) is 38.1 Å². The molecule has 110 valence electrons. The summed E-state index contributed by atoms with van der Waals surface area (Å²) in [6, 6.07) is 6.71. The number of carbonyl (C=O) groups excluding carboxylic acids is 1. The molecule has 1 aromatic carbocycles. The van der Waals surface area contributed by atoms with Crippen molar-refractivity contribution in [2.24, 2.45) is 11.8 Å². The zero-order chi connectivity index (χ0) is 15.1. The second kappa shape index (κ2) is 7.75. The Labute approximate surface area is 122 Å². The number of rotatable bonds is 7. The summed E-state index contributed by atoms with van der Waals surface area (Å²) in [7, 11) is 0. The highest BCUT2D eigenvalue weighted by Gasteiger charge is 2.21. The Morgan fingerprint density at radius 2 is 2.10 bits per heavy atom. The summed E-state index contributed by atoms with van der Waals surface area (Å²) >= 11 is 5.79. The minimum atomic E-state index is -0.920. The second-order valence-electron chi connectivity index (χ2n) is 4.74. The first-order valence-corrected chi connectivity index (χ1v) is 6.66. The van der Waals surface area contributed by atoms with Crippen LogP contribution in [0.2, 0.25) is 5.02 Å². The zero-order valence-electron chi connectivity index (χ0n) is 11.4. The Balaban J connectivity index is 2.39. The van der Waals surface area contributed by atoms with Crippen LogP contribution in [-0.2, 0) is 9.59 Å². The predicted octanol–water partition coefficient (Wildman–Crippen LogP) is 2.19. The molecule has 0 bridgehead atoms. The lowest BCUT2D eigenvalue weighted by Gasteiger charge is -2.16. The van der Waals surface area contributed by atoms with Crippen molar-refractivity contribution >= 4 is 23.5 Å². The highest BCUT2D eigenvalue weighted by molar-refractivity contribution is 6.30. The molecule has 0 aliphatic carbocycles. The molecular weight excluding hydrogens is 282 g/mol. The average Bonchev–Trinajstić information content (AvgIpc) is 2.35. The molecule has 1 aromatic rings. The number of halogens is 1.